The van der Waals surface area contributed by atoms with Crippen LogP contribution >= 0.6 is 11.6 Å². The van der Waals surface area contributed by atoms with E-state index in [0.29, 0.717) is 0 Å². The summed E-state index contributed by atoms with van der Waals surface area (Å²) in [4.78, 5) is 2.31. The third-order valence-electron chi connectivity index (χ3n) is 2.56. The normalized spacial score (nSPS) is 14.8. The maximum atomic E-state index is 5.89. The van der Waals surface area contributed by atoms with Gasteiger partial charge in [0.05, 0.1) is 5.60 Å². The van der Waals surface area contributed by atoms with Crippen molar-refractivity contribution in [2.45, 2.75) is 44.6 Å². The lowest BCUT2D eigenvalue weighted by Gasteiger charge is -2.26. The zero-order valence-corrected chi connectivity index (χ0v) is 10.9. The van der Waals surface area contributed by atoms with Crippen LogP contribution in [0.2, 0.25) is 0 Å². The smallest absolute Gasteiger partial charge is 0.0634 e. The van der Waals surface area contributed by atoms with E-state index in [1.165, 1.54) is 0 Å². The summed E-state index contributed by atoms with van der Waals surface area (Å²) in [6, 6.07) is 0. The van der Waals surface area contributed by atoms with Crippen LogP contribution in [-0.2, 0) is 4.74 Å². The van der Waals surface area contributed by atoms with E-state index in [0.717, 1.165) is 25.9 Å². The number of ether oxygens (including phenoxy) is 1. The minimum Gasteiger partial charge on any atom is -0.379 e. The highest BCUT2D eigenvalue weighted by Gasteiger charge is 2.16. The van der Waals surface area contributed by atoms with Gasteiger partial charge in [0.25, 0.3) is 0 Å². The molecule has 0 spiro atoms. The standard InChI is InChI=1S/C11H24ClNO/c1-10(12)6-8-13(4)9-7-11(2,3)14-5/h10H,6-9H2,1-5H3. The van der Waals surface area contributed by atoms with Crippen molar-refractivity contribution in [3.8, 4) is 0 Å². The van der Waals surface area contributed by atoms with E-state index in [2.05, 4.69) is 25.8 Å². The summed E-state index contributed by atoms with van der Waals surface area (Å²) in [6.45, 7) is 8.39. The molecule has 14 heavy (non-hydrogen) atoms. The summed E-state index contributed by atoms with van der Waals surface area (Å²) in [6.07, 6.45) is 2.10. The van der Waals surface area contributed by atoms with E-state index in [1.54, 1.807) is 7.11 Å². The summed E-state index contributed by atoms with van der Waals surface area (Å²) in [5, 5.41) is 0.271. The second-order valence-corrected chi connectivity index (χ2v) is 5.33. The van der Waals surface area contributed by atoms with Crippen molar-refractivity contribution in [2.75, 3.05) is 27.2 Å². The van der Waals surface area contributed by atoms with Crippen molar-refractivity contribution in [3.05, 3.63) is 0 Å². The quantitative estimate of drug-likeness (QED) is 0.613. The summed E-state index contributed by atoms with van der Waals surface area (Å²) >= 11 is 5.89. The first kappa shape index (κ1) is 14.2. The molecule has 0 heterocycles. The zero-order chi connectivity index (χ0) is 11.2. The molecule has 2 nitrogen and oxygen atoms in total. The Bertz CT molecular complexity index is 148. The van der Waals surface area contributed by atoms with E-state index >= 15 is 0 Å². The highest BCUT2D eigenvalue weighted by Crippen LogP contribution is 2.13. The van der Waals surface area contributed by atoms with Gasteiger partial charge in [0, 0.05) is 19.0 Å². The number of methoxy groups -OCH3 is 1. The fraction of sp³-hybridized carbons (Fsp3) is 1.00. The van der Waals surface area contributed by atoms with E-state index in [9.17, 15) is 0 Å². The molecule has 0 aliphatic carbocycles. The maximum absolute atomic E-state index is 5.89. The average Bonchev–Trinajstić information content (AvgIpc) is 2.11. The molecule has 0 amide bonds. The molecule has 0 bridgehead atoms. The monoisotopic (exact) mass is 221 g/mol. The molecule has 0 aromatic heterocycles. The number of alkyl halides is 1. The molecule has 0 rings (SSSR count). The van der Waals surface area contributed by atoms with Crippen LogP contribution in [0.5, 0.6) is 0 Å². The van der Waals surface area contributed by atoms with Crippen LogP contribution in [0.1, 0.15) is 33.6 Å². The van der Waals surface area contributed by atoms with Gasteiger partial charge in [-0.05, 0) is 47.2 Å². The predicted molar refractivity (Wildman–Crippen MR) is 63.1 cm³/mol. The van der Waals surface area contributed by atoms with Crippen LogP contribution in [0.15, 0.2) is 0 Å². The lowest BCUT2D eigenvalue weighted by molar-refractivity contribution is 0.00911. The molecule has 0 aromatic carbocycles. The van der Waals surface area contributed by atoms with Crippen molar-refractivity contribution in [2.24, 2.45) is 0 Å². The van der Waals surface area contributed by atoms with Crippen LogP contribution in [0, 0.1) is 0 Å². The Morgan fingerprint density at radius 2 is 1.93 bits per heavy atom. The predicted octanol–water partition coefficient (Wildman–Crippen LogP) is 2.75. The lowest BCUT2D eigenvalue weighted by atomic mass is 10.1. The molecule has 0 aliphatic heterocycles. The minimum absolute atomic E-state index is 0.0131. The number of halogens is 1. The van der Waals surface area contributed by atoms with Crippen molar-refractivity contribution in [1.82, 2.24) is 4.90 Å². The number of rotatable bonds is 7. The van der Waals surface area contributed by atoms with Crippen LogP contribution in [0.4, 0.5) is 0 Å². The first-order chi connectivity index (χ1) is 6.37. The third-order valence-corrected chi connectivity index (χ3v) is 2.77. The SMILES string of the molecule is COC(C)(C)CCN(C)CCC(C)Cl. The number of hydrogen-bond donors (Lipinski definition) is 0. The van der Waals surface area contributed by atoms with E-state index in [1.807, 2.05) is 6.92 Å². The van der Waals surface area contributed by atoms with Crippen molar-refractivity contribution in [3.63, 3.8) is 0 Å². The average molecular weight is 222 g/mol. The van der Waals surface area contributed by atoms with Crippen LogP contribution in [0.25, 0.3) is 0 Å². The Morgan fingerprint density at radius 3 is 2.36 bits per heavy atom. The van der Waals surface area contributed by atoms with Gasteiger partial charge >= 0.3 is 0 Å². The fourth-order valence-corrected chi connectivity index (χ4v) is 1.17. The minimum atomic E-state index is -0.0131. The molecular weight excluding hydrogens is 198 g/mol. The van der Waals surface area contributed by atoms with Gasteiger partial charge in [0.1, 0.15) is 0 Å². The molecule has 0 aliphatic rings. The molecular formula is C11H24ClNO. The van der Waals surface area contributed by atoms with E-state index in [-0.39, 0.29) is 11.0 Å². The number of hydrogen-bond acceptors (Lipinski definition) is 2. The summed E-state index contributed by atoms with van der Waals surface area (Å²) in [5.41, 5.74) is -0.0131. The van der Waals surface area contributed by atoms with Crippen LogP contribution in [0.3, 0.4) is 0 Å². The third kappa shape index (κ3) is 7.60. The Hall–Kier alpha value is 0.210. The van der Waals surface area contributed by atoms with Gasteiger partial charge in [-0.15, -0.1) is 11.6 Å². The summed E-state index contributed by atoms with van der Waals surface area (Å²) in [7, 11) is 3.89. The Morgan fingerprint density at radius 1 is 1.36 bits per heavy atom. The van der Waals surface area contributed by atoms with E-state index in [4.69, 9.17) is 16.3 Å². The van der Waals surface area contributed by atoms with Crippen molar-refractivity contribution < 1.29 is 4.74 Å². The molecule has 1 unspecified atom stereocenters. The van der Waals surface area contributed by atoms with Gasteiger partial charge in [-0.1, -0.05) is 0 Å². The summed E-state index contributed by atoms with van der Waals surface area (Å²) < 4.78 is 5.36. The first-order valence-corrected chi connectivity index (χ1v) is 5.69. The molecule has 0 saturated heterocycles. The van der Waals surface area contributed by atoms with Gasteiger partial charge in [-0.25, -0.2) is 0 Å². The Labute approximate surface area is 93.6 Å². The topological polar surface area (TPSA) is 12.5 Å². The molecule has 3 heteroatoms. The maximum Gasteiger partial charge on any atom is 0.0634 e. The highest BCUT2D eigenvalue weighted by molar-refractivity contribution is 6.20. The zero-order valence-electron chi connectivity index (χ0n) is 10.1. The first-order valence-electron chi connectivity index (χ1n) is 5.25. The highest BCUT2D eigenvalue weighted by atomic mass is 35.5. The lowest BCUT2D eigenvalue weighted by Crippen LogP contribution is -2.31. The van der Waals surface area contributed by atoms with Gasteiger partial charge < -0.3 is 9.64 Å². The molecule has 0 fully saturated rings. The Kier molecular flexibility index (Phi) is 6.75. The van der Waals surface area contributed by atoms with Crippen molar-refractivity contribution in [1.29, 1.82) is 0 Å². The van der Waals surface area contributed by atoms with Crippen molar-refractivity contribution >= 4 is 11.6 Å². The molecule has 0 saturated carbocycles. The molecule has 86 valence electrons. The van der Waals surface area contributed by atoms with Crippen LogP contribution in [-0.4, -0.2) is 43.1 Å². The molecule has 0 N–H and O–H groups in total. The number of nitrogens with zero attached hydrogens (tertiary/aromatic N) is 1. The van der Waals surface area contributed by atoms with Gasteiger partial charge in [-0.2, -0.15) is 0 Å². The van der Waals surface area contributed by atoms with Gasteiger partial charge in [-0.3, -0.25) is 0 Å². The Balaban J connectivity index is 3.58. The second-order valence-electron chi connectivity index (χ2n) is 4.59. The molecule has 1 atom stereocenters. The van der Waals surface area contributed by atoms with E-state index < -0.39 is 0 Å². The largest absolute Gasteiger partial charge is 0.379 e. The second kappa shape index (κ2) is 6.65. The molecule has 0 radical (unpaired) electrons. The van der Waals surface area contributed by atoms with Gasteiger partial charge in [0.2, 0.25) is 0 Å². The molecule has 0 aromatic rings. The fourth-order valence-electron chi connectivity index (χ4n) is 1.07. The van der Waals surface area contributed by atoms with Gasteiger partial charge in [0.15, 0.2) is 0 Å². The summed E-state index contributed by atoms with van der Waals surface area (Å²) in [5.74, 6) is 0. The van der Waals surface area contributed by atoms with Crippen LogP contribution < -0.4 is 0 Å².